The molecule has 3 aromatic carbocycles. The van der Waals surface area contributed by atoms with Gasteiger partial charge in [-0.05, 0) is 73.2 Å². The summed E-state index contributed by atoms with van der Waals surface area (Å²) < 4.78 is 30.0. The van der Waals surface area contributed by atoms with E-state index in [1.807, 2.05) is 6.92 Å². The molecule has 1 aliphatic rings. The van der Waals surface area contributed by atoms with E-state index in [9.17, 15) is 14.0 Å². The van der Waals surface area contributed by atoms with Crippen LogP contribution >= 0.6 is 23.2 Å². The Balaban J connectivity index is 1.35. The Labute approximate surface area is 243 Å². The van der Waals surface area contributed by atoms with E-state index in [0.717, 1.165) is 5.56 Å². The molecule has 0 radical (unpaired) electrons. The van der Waals surface area contributed by atoms with Crippen LogP contribution in [0.3, 0.4) is 0 Å². The number of piperazine rings is 1. The first-order chi connectivity index (χ1) is 19.3. The van der Waals surface area contributed by atoms with Gasteiger partial charge in [0.15, 0.2) is 13.2 Å². The first-order valence-electron chi connectivity index (χ1n) is 13.0. The minimum absolute atomic E-state index is 0.0520. The molecule has 40 heavy (non-hydrogen) atoms. The van der Waals surface area contributed by atoms with Crippen molar-refractivity contribution in [3.05, 3.63) is 94.2 Å². The fourth-order valence-corrected chi connectivity index (χ4v) is 4.73. The Morgan fingerprint density at radius 2 is 1.43 bits per heavy atom. The van der Waals surface area contributed by atoms with Crippen LogP contribution in [0.4, 0.5) is 4.39 Å². The van der Waals surface area contributed by atoms with Crippen molar-refractivity contribution in [1.29, 1.82) is 0 Å². The maximum Gasteiger partial charge on any atom is 0.344 e. The summed E-state index contributed by atoms with van der Waals surface area (Å²) in [5, 5.41) is 1.15. The third kappa shape index (κ3) is 8.84. The molecule has 2 atom stereocenters. The molecule has 0 aliphatic carbocycles. The summed E-state index contributed by atoms with van der Waals surface area (Å²) in [4.78, 5) is 29.6. The number of nitrogens with zero attached hydrogens (tertiary/aromatic N) is 2. The molecule has 4 rings (SSSR count). The Bertz CT molecular complexity index is 1260. The number of benzene rings is 3. The van der Waals surface area contributed by atoms with Gasteiger partial charge < -0.3 is 19.1 Å². The summed E-state index contributed by atoms with van der Waals surface area (Å²) in [5.41, 5.74) is 0.976. The summed E-state index contributed by atoms with van der Waals surface area (Å²) >= 11 is 11.8. The summed E-state index contributed by atoms with van der Waals surface area (Å²) in [5.74, 6) is 0.105. The lowest BCUT2D eigenvalue weighted by atomic mass is 10.0. The van der Waals surface area contributed by atoms with E-state index in [2.05, 4.69) is 4.90 Å². The molecular formula is C30H31Cl2FN2O5. The second-order valence-electron chi connectivity index (χ2n) is 9.60. The summed E-state index contributed by atoms with van der Waals surface area (Å²) in [6.07, 6.45) is 0.437. The van der Waals surface area contributed by atoms with Crippen LogP contribution in [0.1, 0.15) is 18.9 Å². The molecule has 1 amide bonds. The third-order valence-corrected chi connectivity index (χ3v) is 7.15. The second-order valence-corrected chi connectivity index (χ2v) is 10.5. The molecule has 1 saturated heterocycles. The Morgan fingerprint density at radius 3 is 2.02 bits per heavy atom. The largest absolute Gasteiger partial charge is 0.484 e. The highest BCUT2D eigenvalue weighted by atomic mass is 35.5. The average molecular weight is 589 g/mol. The van der Waals surface area contributed by atoms with E-state index in [-0.39, 0.29) is 43.6 Å². The number of carbonyl (C=O) groups is 2. The van der Waals surface area contributed by atoms with Crippen molar-refractivity contribution in [2.24, 2.45) is 0 Å². The van der Waals surface area contributed by atoms with Crippen molar-refractivity contribution in [3.63, 3.8) is 0 Å². The highest BCUT2D eigenvalue weighted by Crippen LogP contribution is 2.22. The number of hydrogen-bond donors (Lipinski definition) is 0. The van der Waals surface area contributed by atoms with E-state index < -0.39 is 5.97 Å². The van der Waals surface area contributed by atoms with E-state index in [1.165, 1.54) is 12.1 Å². The molecule has 1 aliphatic heterocycles. The molecular weight excluding hydrogens is 558 g/mol. The standard InChI is InChI=1S/C30H31Cl2FN2O5/c1-21-16-35(29(36)19-39-27-10-4-23(31)5-11-27)26(18-34(21)17-22-2-8-25(33)9-3-22)14-15-38-30(37)20-40-28-12-6-24(32)7-13-28/h2-13,21,26H,14-20H2,1H3. The van der Waals surface area contributed by atoms with Crippen LogP contribution in [0.2, 0.25) is 10.0 Å². The fraction of sp³-hybridized carbons (Fsp3) is 0.333. The van der Waals surface area contributed by atoms with Gasteiger partial charge in [0, 0.05) is 48.2 Å². The van der Waals surface area contributed by atoms with Crippen molar-refractivity contribution < 1.29 is 28.2 Å². The van der Waals surface area contributed by atoms with Gasteiger partial charge >= 0.3 is 5.97 Å². The predicted molar refractivity (Wildman–Crippen MR) is 151 cm³/mol. The molecule has 0 saturated carbocycles. The lowest BCUT2D eigenvalue weighted by Gasteiger charge is -2.45. The minimum atomic E-state index is -0.508. The monoisotopic (exact) mass is 588 g/mol. The quantitative estimate of drug-likeness (QED) is 0.271. The molecule has 1 heterocycles. The van der Waals surface area contributed by atoms with Gasteiger partial charge in [-0.15, -0.1) is 0 Å². The normalized spacial score (nSPS) is 17.4. The number of ether oxygens (including phenoxy) is 3. The molecule has 3 aromatic rings. The first kappa shape index (κ1) is 29.6. The number of carbonyl (C=O) groups excluding carboxylic acids is 2. The van der Waals surface area contributed by atoms with Gasteiger partial charge in [0.1, 0.15) is 17.3 Å². The van der Waals surface area contributed by atoms with Crippen LogP contribution in [0.25, 0.3) is 0 Å². The molecule has 7 nitrogen and oxygen atoms in total. The SMILES string of the molecule is CC1CN(C(=O)COc2ccc(Cl)cc2)C(CCOC(=O)COc2ccc(Cl)cc2)CN1Cc1ccc(F)cc1. The highest BCUT2D eigenvalue weighted by Gasteiger charge is 2.34. The summed E-state index contributed by atoms with van der Waals surface area (Å²) in [6.45, 7) is 3.44. The Hall–Kier alpha value is -3.33. The highest BCUT2D eigenvalue weighted by molar-refractivity contribution is 6.30. The van der Waals surface area contributed by atoms with Gasteiger partial charge in [0.05, 0.1) is 6.61 Å². The molecule has 0 aromatic heterocycles. The van der Waals surface area contributed by atoms with Gasteiger partial charge in [-0.3, -0.25) is 9.69 Å². The van der Waals surface area contributed by atoms with Crippen LogP contribution in [-0.2, 0) is 20.9 Å². The topological polar surface area (TPSA) is 68.3 Å². The zero-order valence-corrected chi connectivity index (χ0v) is 23.6. The predicted octanol–water partition coefficient (Wildman–Crippen LogP) is 5.63. The summed E-state index contributed by atoms with van der Waals surface area (Å²) in [7, 11) is 0. The van der Waals surface area contributed by atoms with Crippen molar-refractivity contribution >= 4 is 35.1 Å². The molecule has 2 unspecified atom stereocenters. The van der Waals surface area contributed by atoms with Gasteiger partial charge in [-0.2, -0.15) is 0 Å². The molecule has 1 fully saturated rings. The maximum atomic E-state index is 13.4. The molecule has 0 N–H and O–H groups in total. The van der Waals surface area contributed by atoms with Gasteiger partial charge in [-0.25, -0.2) is 9.18 Å². The van der Waals surface area contributed by atoms with Crippen molar-refractivity contribution in [1.82, 2.24) is 9.80 Å². The van der Waals surface area contributed by atoms with E-state index >= 15 is 0 Å². The number of esters is 1. The molecule has 212 valence electrons. The molecule has 0 bridgehead atoms. The molecule has 0 spiro atoms. The second kappa shape index (κ2) is 14.3. The van der Waals surface area contributed by atoms with E-state index in [0.29, 0.717) is 47.6 Å². The Morgan fingerprint density at radius 1 is 0.850 bits per heavy atom. The lowest BCUT2D eigenvalue weighted by Crippen LogP contribution is -2.59. The third-order valence-electron chi connectivity index (χ3n) is 6.65. The van der Waals surface area contributed by atoms with Crippen LogP contribution in [0.5, 0.6) is 11.5 Å². The molecule has 10 heteroatoms. The van der Waals surface area contributed by atoms with Gasteiger partial charge in [0.25, 0.3) is 5.91 Å². The van der Waals surface area contributed by atoms with Crippen LogP contribution in [0.15, 0.2) is 72.8 Å². The average Bonchev–Trinajstić information content (AvgIpc) is 2.95. The van der Waals surface area contributed by atoms with Gasteiger partial charge in [0.2, 0.25) is 0 Å². The number of halogens is 3. The minimum Gasteiger partial charge on any atom is -0.484 e. The summed E-state index contributed by atoms with van der Waals surface area (Å²) in [6, 6.07) is 19.7. The Kier molecular flexibility index (Phi) is 10.6. The maximum absolute atomic E-state index is 13.4. The number of rotatable bonds is 11. The van der Waals surface area contributed by atoms with E-state index in [1.54, 1.807) is 65.6 Å². The van der Waals surface area contributed by atoms with Crippen LogP contribution < -0.4 is 9.47 Å². The number of amides is 1. The zero-order chi connectivity index (χ0) is 28.5. The van der Waals surface area contributed by atoms with E-state index in [4.69, 9.17) is 37.4 Å². The van der Waals surface area contributed by atoms with Crippen molar-refractivity contribution in [2.45, 2.75) is 32.0 Å². The zero-order valence-electron chi connectivity index (χ0n) is 22.1. The van der Waals surface area contributed by atoms with Crippen LogP contribution in [-0.4, -0.2) is 66.7 Å². The fourth-order valence-electron chi connectivity index (χ4n) is 4.48. The van der Waals surface area contributed by atoms with Crippen molar-refractivity contribution in [2.75, 3.05) is 32.9 Å². The van der Waals surface area contributed by atoms with Crippen molar-refractivity contribution in [3.8, 4) is 11.5 Å². The van der Waals surface area contributed by atoms with Gasteiger partial charge in [-0.1, -0.05) is 35.3 Å². The first-order valence-corrected chi connectivity index (χ1v) is 13.7. The lowest BCUT2D eigenvalue weighted by molar-refractivity contribution is -0.147. The van der Waals surface area contributed by atoms with Crippen LogP contribution in [0, 0.1) is 5.82 Å². The smallest absolute Gasteiger partial charge is 0.344 e. The number of hydrogen-bond acceptors (Lipinski definition) is 6.